The summed E-state index contributed by atoms with van der Waals surface area (Å²) in [5.74, 6) is 2.55. The summed E-state index contributed by atoms with van der Waals surface area (Å²) in [6, 6.07) is 32.7. The number of methoxy groups -OCH3 is 3. The van der Waals surface area contributed by atoms with Gasteiger partial charge in [-0.1, -0.05) is 66.7 Å². The van der Waals surface area contributed by atoms with Gasteiger partial charge in [0.25, 0.3) is 0 Å². The quantitative estimate of drug-likeness (QED) is 0.171. The molecule has 220 valence electrons. The van der Waals surface area contributed by atoms with Gasteiger partial charge in [0, 0.05) is 31.6 Å². The maximum atomic E-state index is 11.4. The van der Waals surface area contributed by atoms with E-state index in [4.69, 9.17) is 24.7 Å². The van der Waals surface area contributed by atoms with Crippen molar-refractivity contribution >= 4 is 5.91 Å². The molecule has 0 aromatic heterocycles. The summed E-state index contributed by atoms with van der Waals surface area (Å²) in [5, 5.41) is 0. The standard InChI is InChI=1S/C35H40N2O5/c1-39-30-19-27(20-31(23-30)40-2)24-37(25-32(28-11-6-4-7-12-28)29-13-8-5-9-14-29)17-10-18-42-34-21-26(22-35(36)38)15-16-33(34)41-3/h4-9,11-16,19-21,23,32H,10,17-18,22,24-25H2,1-3H3,(H2,36,38). The number of nitrogens with two attached hydrogens (primary N) is 1. The number of hydrogen-bond acceptors (Lipinski definition) is 6. The van der Waals surface area contributed by atoms with E-state index >= 15 is 0 Å². The summed E-state index contributed by atoms with van der Waals surface area (Å²) in [6.45, 7) is 2.79. The fraction of sp³-hybridized carbons (Fsp3) is 0.286. The Hall–Kier alpha value is -4.49. The lowest BCUT2D eigenvalue weighted by Crippen LogP contribution is -2.30. The molecule has 0 aliphatic carbocycles. The molecule has 1 amide bonds. The highest BCUT2D eigenvalue weighted by atomic mass is 16.5. The summed E-state index contributed by atoms with van der Waals surface area (Å²) < 4.78 is 22.7. The number of rotatable bonds is 16. The molecule has 2 N–H and O–H groups in total. The molecule has 4 rings (SSSR count). The first-order valence-electron chi connectivity index (χ1n) is 14.1. The molecule has 7 nitrogen and oxygen atoms in total. The molecule has 0 heterocycles. The van der Waals surface area contributed by atoms with E-state index < -0.39 is 0 Å². The second-order valence-electron chi connectivity index (χ2n) is 10.2. The lowest BCUT2D eigenvalue weighted by Gasteiger charge is -2.29. The molecule has 0 atom stereocenters. The van der Waals surface area contributed by atoms with Crippen LogP contribution >= 0.6 is 0 Å². The van der Waals surface area contributed by atoms with E-state index in [0.717, 1.165) is 42.1 Å². The van der Waals surface area contributed by atoms with Crippen LogP contribution in [0.3, 0.4) is 0 Å². The van der Waals surface area contributed by atoms with E-state index in [1.807, 2.05) is 18.2 Å². The highest BCUT2D eigenvalue weighted by Crippen LogP contribution is 2.30. The number of primary amides is 1. The van der Waals surface area contributed by atoms with Gasteiger partial charge in [-0.25, -0.2) is 0 Å². The van der Waals surface area contributed by atoms with Crippen LogP contribution in [0.15, 0.2) is 97.1 Å². The van der Waals surface area contributed by atoms with E-state index in [-0.39, 0.29) is 18.2 Å². The van der Waals surface area contributed by atoms with Gasteiger partial charge in [0.1, 0.15) is 11.5 Å². The minimum Gasteiger partial charge on any atom is -0.497 e. The second kappa shape index (κ2) is 15.5. The van der Waals surface area contributed by atoms with Crippen LogP contribution in [-0.4, -0.2) is 51.8 Å². The van der Waals surface area contributed by atoms with Crippen LogP contribution in [-0.2, 0) is 17.8 Å². The molecular weight excluding hydrogens is 528 g/mol. The van der Waals surface area contributed by atoms with Crippen LogP contribution in [0.2, 0.25) is 0 Å². The van der Waals surface area contributed by atoms with Crippen LogP contribution in [0.4, 0.5) is 0 Å². The third-order valence-electron chi connectivity index (χ3n) is 7.14. The number of amides is 1. The molecule has 0 fully saturated rings. The molecule has 7 heteroatoms. The fourth-order valence-electron chi connectivity index (χ4n) is 5.10. The predicted molar refractivity (Wildman–Crippen MR) is 166 cm³/mol. The maximum absolute atomic E-state index is 11.4. The van der Waals surface area contributed by atoms with Gasteiger partial charge in [-0.05, 0) is 52.9 Å². The third kappa shape index (κ3) is 8.75. The Morgan fingerprint density at radius 1 is 0.738 bits per heavy atom. The van der Waals surface area contributed by atoms with Crippen molar-refractivity contribution in [3.05, 3.63) is 119 Å². The van der Waals surface area contributed by atoms with Crippen LogP contribution in [0.25, 0.3) is 0 Å². The molecule has 0 saturated heterocycles. The van der Waals surface area contributed by atoms with Crippen LogP contribution in [0.1, 0.15) is 34.6 Å². The number of benzene rings is 4. The second-order valence-corrected chi connectivity index (χ2v) is 10.2. The first-order chi connectivity index (χ1) is 20.5. The van der Waals surface area contributed by atoms with Crippen molar-refractivity contribution in [3.8, 4) is 23.0 Å². The highest BCUT2D eigenvalue weighted by Gasteiger charge is 2.19. The van der Waals surface area contributed by atoms with E-state index in [1.165, 1.54) is 11.1 Å². The Morgan fingerprint density at radius 3 is 1.90 bits per heavy atom. The lowest BCUT2D eigenvalue weighted by molar-refractivity contribution is -0.117. The van der Waals surface area contributed by atoms with Gasteiger partial charge in [0.2, 0.25) is 5.91 Å². The van der Waals surface area contributed by atoms with Crippen LogP contribution < -0.4 is 24.7 Å². The van der Waals surface area contributed by atoms with Crippen molar-refractivity contribution in [1.82, 2.24) is 4.90 Å². The first kappa shape index (κ1) is 30.5. The van der Waals surface area contributed by atoms with E-state index in [2.05, 4.69) is 77.7 Å². The van der Waals surface area contributed by atoms with Crippen molar-refractivity contribution in [2.75, 3.05) is 41.0 Å². The molecule has 42 heavy (non-hydrogen) atoms. The minimum absolute atomic E-state index is 0.151. The molecule has 0 spiro atoms. The summed E-state index contributed by atoms with van der Waals surface area (Å²) in [5.41, 5.74) is 9.82. The molecule has 0 aliphatic rings. The Morgan fingerprint density at radius 2 is 1.36 bits per heavy atom. The predicted octanol–water partition coefficient (Wildman–Crippen LogP) is 5.84. The largest absolute Gasteiger partial charge is 0.497 e. The Bertz CT molecular complexity index is 1350. The minimum atomic E-state index is -0.387. The van der Waals surface area contributed by atoms with Gasteiger partial charge in [0.15, 0.2) is 11.5 Å². The molecule has 0 unspecified atom stereocenters. The van der Waals surface area contributed by atoms with Crippen LogP contribution in [0.5, 0.6) is 23.0 Å². The zero-order valence-electron chi connectivity index (χ0n) is 24.6. The Labute approximate surface area is 248 Å². The van der Waals surface area contributed by atoms with Gasteiger partial charge in [-0.3, -0.25) is 9.69 Å². The maximum Gasteiger partial charge on any atom is 0.221 e. The van der Waals surface area contributed by atoms with Gasteiger partial charge >= 0.3 is 0 Å². The topological polar surface area (TPSA) is 83.2 Å². The molecule has 0 radical (unpaired) electrons. The van der Waals surface area contributed by atoms with Gasteiger partial charge in [0.05, 0.1) is 34.4 Å². The number of ether oxygens (including phenoxy) is 4. The molecule has 4 aromatic rings. The van der Waals surface area contributed by atoms with Crippen molar-refractivity contribution in [3.63, 3.8) is 0 Å². The van der Waals surface area contributed by atoms with Crippen molar-refractivity contribution in [2.45, 2.75) is 25.3 Å². The zero-order chi connectivity index (χ0) is 29.7. The molecule has 0 aliphatic heterocycles. The monoisotopic (exact) mass is 568 g/mol. The van der Waals surface area contributed by atoms with E-state index in [0.29, 0.717) is 24.7 Å². The van der Waals surface area contributed by atoms with Crippen molar-refractivity contribution in [2.24, 2.45) is 5.73 Å². The van der Waals surface area contributed by atoms with Gasteiger partial charge < -0.3 is 24.7 Å². The summed E-state index contributed by atoms with van der Waals surface area (Å²) in [4.78, 5) is 13.9. The summed E-state index contributed by atoms with van der Waals surface area (Å²) in [7, 11) is 4.94. The molecular formula is C35H40N2O5. The van der Waals surface area contributed by atoms with E-state index in [9.17, 15) is 4.79 Å². The molecule has 0 bridgehead atoms. The lowest BCUT2D eigenvalue weighted by atomic mass is 9.90. The molecule has 4 aromatic carbocycles. The first-order valence-corrected chi connectivity index (χ1v) is 14.1. The van der Waals surface area contributed by atoms with Crippen molar-refractivity contribution < 1.29 is 23.7 Å². The number of carbonyl (C=O) groups excluding carboxylic acids is 1. The Kier molecular flexibility index (Phi) is 11.2. The highest BCUT2D eigenvalue weighted by molar-refractivity contribution is 5.76. The van der Waals surface area contributed by atoms with Crippen LogP contribution in [0, 0.1) is 0 Å². The number of carbonyl (C=O) groups is 1. The smallest absolute Gasteiger partial charge is 0.221 e. The fourth-order valence-corrected chi connectivity index (χ4v) is 5.10. The van der Waals surface area contributed by atoms with Crippen molar-refractivity contribution in [1.29, 1.82) is 0 Å². The molecule has 0 saturated carbocycles. The average Bonchev–Trinajstić information content (AvgIpc) is 3.02. The summed E-state index contributed by atoms with van der Waals surface area (Å²) in [6.07, 6.45) is 0.930. The zero-order valence-corrected chi connectivity index (χ0v) is 24.6. The van der Waals surface area contributed by atoms with E-state index in [1.54, 1.807) is 27.4 Å². The third-order valence-corrected chi connectivity index (χ3v) is 7.14. The SMILES string of the molecule is COc1cc(CN(CCCOc2cc(CC(N)=O)ccc2OC)CC(c2ccccc2)c2ccccc2)cc(OC)c1. The van der Waals surface area contributed by atoms with Gasteiger partial charge in [-0.15, -0.1) is 0 Å². The Balaban J connectivity index is 1.54. The number of nitrogens with zero attached hydrogens (tertiary/aromatic N) is 1. The van der Waals surface area contributed by atoms with Gasteiger partial charge in [-0.2, -0.15) is 0 Å². The summed E-state index contributed by atoms with van der Waals surface area (Å²) >= 11 is 0. The normalized spacial score (nSPS) is 11.0. The number of hydrogen-bond donors (Lipinski definition) is 1. The average molecular weight is 569 g/mol.